The average molecular weight is 231 g/mol. The zero-order valence-electron chi connectivity index (χ0n) is 9.80. The van der Waals surface area contributed by atoms with E-state index < -0.39 is 0 Å². The summed E-state index contributed by atoms with van der Waals surface area (Å²) in [5, 5.41) is 10.4. The molecule has 0 saturated heterocycles. The lowest BCUT2D eigenvalue weighted by atomic mass is 10.4. The summed E-state index contributed by atoms with van der Waals surface area (Å²) in [7, 11) is 0. The molecule has 88 valence electrons. The van der Waals surface area contributed by atoms with Crippen LogP contribution in [0.5, 0.6) is 0 Å². The van der Waals surface area contributed by atoms with Crippen molar-refractivity contribution in [1.29, 1.82) is 5.41 Å². The molecular formula is C10H21N3OS. The molecule has 0 spiro atoms. The van der Waals surface area contributed by atoms with E-state index in [-0.39, 0.29) is 11.2 Å². The van der Waals surface area contributed by atoms with Crippen LogP contribution in [-0.4, -0.2) is 34.9 Å². The van der Waals surface area contributed by atoms with Crippen LogP contribution in [0.4, 0.5) is 4.79 Å². The number of rotatable bonds is 5. The van der Waals surface area contributed by atoms with Gasteiger partial charge in [0.2, 0.25) is 0 Å². The van der Waals surface area contributed by atoms with E-state index in [0.29, 0.717) is 13.1 Å². The van der Waals surface area contributed by atoms with E-state index in [1.54, 1.807) is 4.90 Å². The van der Waals surface area contributed by atoms with Gasteiger partial charge in [0, 0.05) is 18.8 Å². The maximum Gasteiger partial charge on any atom is 0.323 e. The SMILES string of the molecule is CCCCSC(=N)NC(=O)N(CC)CC. The van der Waals surface area contributed by atoms with Gasteiger partial charge in [-0.25, -0.2) is 4.79 Å². The van der Waals surface area contributed by atoms with Crippen molar-refractivity contribution in [2.75, 3.05) is 18.8 Å². The number of hydrogen-bond acceptors (Lipinski definition) is 3. The summed E-state index contributed by atoms with van der Waals surface area (Å²) in [6.45, 7) is 7.32. The normalized spacial score (nSPS) is 9.80. The van der Waals surface area contributed by atoms with E-state index in [9.17, 15) is 4.79 Å². The van der Waals surface area contributed by atoms with Crippen molar-refractivity contribution in [2.45, 2.75) is 33.6 Å². The lowest BCUT2D eigenvalue weighted by Gasteiger charge is -2.19. The summed E-state index contributed by atoms with van der Waals surface area (Å²) in [6.07, 6.45) is 2.19. The predicted molar refractivity (Wildman–Crippen MR) is 66.5 cm³/mol. The van der Waals surface area contributed by atoms with Crippen molar-refractivity contribution in [2.24, 2.45) is 0 Å². The van der Waals surface area contributed by atoms with E-state index >= 15 is 0 Å². The van der Waals surface area contributed by atoms with Gasteiger partial charge in [-0.3, -0.25) is 10.7 Å². The fraction of sp³-hybridized carbons (Fsp3) is 0.800. The number of urea groups is 1. The van der Waals surface area contributed by atoms with Crippen molar-refractivity contribution < 1.29 is 4.79 Å². The van der Waals surface area contributed by atoms with Crippen LogP contribution in [0.1, 0.15) is 33.6 Å². The molecule has 0 aliphatic rings. The highest BCUT2D eigenvalue weighted by Crippen LogP contribution is 2.04. The van der Waals surface area contributed by atoms with Gasteiger partial charge in [-0.15, -0.1) is 0 Å². The van der Waals surface area contributed by atoms with Gasteiger partial charge in [0.05, 0.1) is 0 Å². The van der Waals surface area contributed by atoms with Gasteiger partial charge in [0.15, 0.2) is 5.17 Å². The van der Waals surface area contributed by atoms with Crippen LogP contribution in [0.25, 0.3) is 0 Å². The third-order valence-corrected chi connectivity index (χ3v) is 2.90. The number of thioether (sulfide) groups is 1. The molecule has 0 unspecified atom stereocenters. The first-order valence-electron chi connectivity index (χ1n) is 5.42. The summed E-state index contributed by atoms with van der Waals surface area (Å²) >= 11 is 1.39. The van der Waals surface area contributed by atoms with E-state index in [1.165, 1.54) is 11.8 Å². The summed E-state index contributed by atoms with van der Waals surface area (Å²) < 4.78 is 0. The fourth-order valence-corrected chi connectivity index (χ4v) is 1.84. The zero-order valence-corrected chi connectivity index (χ0v) is 10.6. The van der Waals surface area contributed by atoms with Gasteiger partial charge in [-0.05, 0) is 20.3 Å². The van der Waals surface area contributed by atoms with Crippen LogP contribution in [0.3, 0.4) is 0 Å². The molecule has 0 bridgehead atoms. The van der Waals surface area contributed by atoms with Gasteiger partial charge < -0.3 is 4.90 Å². The molecule has 5 heteroatoms. The molecule has 0 atom stereocenters. The quantitative estimate of drug-likeness (QED) is 0.434. The first kappa shape index (κ1) is 14.3. The molecule has 0 heterocycles. The summed E-state index contributed by atoms with van der Waals surface area (Å²) in [5.74, 6) is 0.897. The molecule has 0 saturated carbocycles. The molecule has 2 amide bonds. The van der Waals surface area contributed by atoms with Crippen LogP contribution in [-0.2, 0) is 0 Å². The molecule has 0 aromatic carbocycles. The minimum absolute atomic E-state index is 0.172. The van der Waals surface area contributed by atoms with Crippen LogP contribution in [0.2, 0.25) is 0 Å². The topological polar surface area (TPSA) is 56.2 Å². The second kappa shape index (κ2) is 8.59. The number of hydrogen-bond donors (Lipinski definition) is 2. The lowest BCUT2D eigenvalue weighted by molar-refractivity contribution is 0.208. The van der Waals surface area contributed by atoms with Crippen LogP contribution in [0, 0.1) is 5.41 Å². The highest BCUT2D eigenvalue weighted by molar-refractivity contribution is 8.13. The molecule has 0 rings (SSSR count). The number of nitrogens with zero attached hydrogens (tertiary/aromatic N) is 1. The Hall–Kier alpha value is -0.710. The second-order valence-corrected chi connectivity index (χ2v) is 4.24. The van der Waals surface area contributed by atoms with E-state index in [2.05, 4.69) is 12.2 Å². The monoisotopic (exact) mass is 231 g/mol. The molecule has 0 radical (unpaired) electrons. The molecule has 0 aromatic heterocycles. The van der Waals surface area contributed by atoms with Crippen molar-refractivity contribution >= 4 is 23.0 Å². The molecule has 0 aliphatic heterocycles. The van der Waals surface area contributed by atoms with Crippen molar-refractivity contribution in [3.63, 3.8) is 0 Å². The molecule has 15 heavy (non-hydrogen) atoms. The highest BCUT2D eigenvalue weighted by Gasteiger charge is 2.10. The minimum atomic E-state index is -0.172. The Balaban J connectivity index is 3.80. The Morgan fingerprint density at radius 3 is 2.40 bits per heavy atom. The zero-order chi connectivity index (χ0) is 11.7. The third kappa shape index (κ3) is 6.38. The maximum atomic E-state index is 11.5. The van der Waals surface area contributed by atoms with Gasteiger partial charge >= 0.3 is 6.03 Å². The van der Waals surface area contributed by atoms with Crippen LogP contribution >= 0.6 is 11.8 Å². The number of nitrogens with one attached hydrogen (secondary N) is 2. The minimum Gasteiger partial charge on any atom is -0.325 e. The first-order valence-corrected chi connectivity index (χ1v) is 6.41. The number of amidine groups is 1. The fourth-order valence-electron chi connectivity index (χ4n) is 1.04. The van der Waals surface area contributed by atoms with Gasteiger partial charge in [0.25, 0.3) is 0 Å². The Morgan fingerprint density at radius 2 is 1.93 bits per heavy atom. The Labute approximate surface area is 96.3 Å². The number of carbonyl (C=O) groups is 1. The molecule has 2 N–H and O–H groups in total. The summed E-state index contributed by atoms with van der Waals surface area (Å²) in [5.41, 5.74) is 0. The summed E-state index contributed by atoms with van der Waals surface area (Å²) in [6, 6.07) is -0.172. The van der Waals surface area contributed by atoms with Crippen molar-refractivity contribution in [3.05, 3.63) is 0 Å². The standard InChI is InChI=1S/C10H21N3OS/c1-4-7-8-15-9(11)12-10(14)13(5-2)6-3/h4-8H2,1-3H3,(H2,11,12,14). The number of unbranched alkanes of at least 4 members (excludes halogenated alkanes) is 1. The van der Waals surface area contributed by atoms with Gasteiger partial charge in [-0.1, -0.05) is 25.1 Å². The van der Waals surface area contributed by atoms with Crippen molar-refractivity contribution in [3.8, 4) is 0 Å². The summed E-state index contributed by atoms with van der Waals surface area (Å²) in [4.78, 5) is 13.2. The first-order chi connectivity index (χ1) is 7.15. The van der Waals surface area contributed by atoms with E-state index in [4.69, 9.17) is 5.41 Å². The molecular weight excluding hydrogens is 210 g/mol. The predicted octanol–water partition coefficient (Wildman–Crippen LogP) is 2.51. The average Bonchev–Trinajstić information content (AvgIpc) is 2.20. The molecule has 0 aliphatic carbocycles. The lowest BCUT2D eigenvalue weighted by Crippen LogP contribution is -2.41. The van der Waals surface area contributed by atoms with E-state index in [1.807, 2.05) is 13.8 Å². The number of amides is 2. The smallest absolute Gasteiger partial charge is 0.323 e. The molecule has 0 aromatic rings. The second-order valence-electron chi connectivity index (χ2n) is 3.13. The number of carbonyl (C=O) groups excluding carboxylic acids is 1. The molecule has 0 fully saturated rings. The van der Waals surface area contributed by atoms with Crippen LogP contribution in [0.15, 0.2) is 0 Å². The van der Waals surface area contributed by atoms with Crippen molar-refractivity contribution in [1.82, 2.24) is 10.2 Å². The molecule has 4 nitrogen and oxygen atoms in total. The highest BCUT2D eigenvalue weighted by atomic mass is 32.2. The van der Waals surface area contributed by atoms with E-state index in [0.717, 1.165) is 18.6 Å². The Morgan fingerprint density at radius 1 is 1.33 bits per heavy atom. The largest absolute Gasteiger partial charge is 0.325 e. The third-order valence-electron chi connectivity index (χ3n) is 2.02. The maximum absolute atomic E-state index is 11.5. The van der Waals surface area contributed by atoms with Gasteiger partial charge in [0.1, 0.15) is 0 Å². The Kier molecular flexibility index (Phi) is 8.18. The Bertz CT molecular complexity index is 205. The van der Waals surface area contributed by atoms with Gasteiger partial charge in [-0.2, -0.15) is 0 Å². The van der Waals surface area contributed by atoms with Crippen LogP contribution < -0.4 is 5.32 Å².